The number of aryl methyl sites for hydroxylation is 2. The van der Waals surface area contributed by atoms with Gasteiger partial charge in [0.25, 0.3) is 0 Å². The molecule has 0 radical (unpaired) electrons. The van der Waals surface area contributed by atoms with E-state index in [9.17, 15) is 4.39 Å². The van der Waals surface area contributed by atoms with Crippen LogP contribution in [0.25, 0.3) is 0 Å². The monoisotopic (exact) mass is 287 g/mol. The minimum Gasteiger partial charge on any atom is -0.484 e. The van der Waals surface area contributed by atoms with Crippen LogP contribution in [0.5, 0.6) is 5.75 Å². The molecule has 0 saturated heterocycles. The summed E-state index contributed by atoms with van der Waals surface area (Å²) in [5, 5.41) is 0. The second kappa shape index (κ2) is 6.27. The Hall–Kier alpha value is -1.87. The van der Waals surface area contributed by atoms with E-state index in [1.165, 1.54) is 17.7 Å². The lowest BCUT2D eigenvalue weighted by Crippen LogP contribution is -2.29. The third kappa shape index (κ3) is 3.61. The highest BCUT2D eigenvalue weighted by atomic mass is 19.1. The quantitative estimate of drug-likeness (QED) is 0.914. The molecule has 0 spiro atoms. The first-order chi connectivity index (χ1) is 9.88. The van der Waals surface area contributed by atoms with Crippen molar-refractivity contribution in [2.75, 3.05) is 0 Å². The Morgan fingerprint density at radius 3 is 2.24 bits per heavy atom. The summed E-state index contributed by atoms with van der Waals surface area (Å²) in [7, 11) is 0. The molecule has 2 nitrogen and oxygen atoms in total. The van der Waals surface area contributed by atoms with Crippen LogP contribution in [0, 0.1) is 26.6 Å². The van der Waals surface area contributed by atoms with E-state index >= 15 is 0 Å². The van der Waals surface area contributed by atoms with Crippen molar-refractivity contribution < 1.29 is 9.13 Å². The van der Waals surface area contributed by atoms with Crippen LogP contribution >= 0.6 is 0 Å². The van der Waals surface area contributed by atoms with Gasteiger partial charge in [-0.2, -0.15) is 0 Å². The number of halogens is 1. The molecule has 0 aromatic heterocycles. The molecule has 2 atom stereocenters. The van der Waals surface area contributed by atoms with Gasteiger partial charge in [0, 0.05) is 6.04 Å². The Morgan fingerprint density at radius 2 is 1.67 bits per heavy atom. The van der Waals surface area contributed by atoms with Crippen LogP contribution in [0.2, 0.25) is 0 Å². The number of benzene rings is 2. The van der Waals surface area contributed by atoms with E-state index in [-0.39, 0.29) is 18.0 Å². The van der Waals surface area contributed by atoms with Crippen molar-refractivity contribution in [1.82, 2.24) is 0 Å². The summed E-state index contributed by atoms with van der Waals surface area (Å²) in [6.45, 7) is 8.03. The molecule has 21 heavy (non-hydrogen) atoms. The van der Waals surface area contributed by atoms with Gasteiger partial charge in [-0.15, -0.1) is 0 Å². The smallest absolute Gasteiger partial charge is 0.138 e. The zero-order chi connectivity index (χ0) is 15.6. The van der Waals surface area contributed by atoms with Gasteiger partial charge in [0.15, 0.2) is 0 Å². The van der Waals surface area contributed by atoms with Crippen LogP contribution in [0.15, 0.2) is 36.4 Å². The number of nitrogens with two attached hydrogens (primary N) is 1. The van der Waals surface area contributed by atoms with Gasteiger partial charge in [0.1, 0.15) is 17.7 Å². The summed E-state index contributed by atoms with van der Waals surface area (Å²) in [6, 6.07) is 10.3. The summed E-state index contributed by atoms with van der Waals surface area (Å²) in [4.78, 5) is 0. The van der Waals surface area contributed by atoms with Gasteiger partial charge < -0.3 is 10.5 Å². The summed E-state index contributed by atoms with van der Waals surface area (Å²) in [5.41, 5.74) is 10.4. The average Bonchev–Trinajstić information content (AvgIpc) is 2.42. The van der Waals surface area contributed by atoms with Crippen LogP contribution in [0.3, 0.4) is 0 Å². The lowest BCUT2D eigenvalue weighted by molar-refractivity contribution is 0.179. The predicted octanol–water partition coefficient (Wildman–Crippen LogP) is 4.22. The van der Waals surface area contributed by atoms with Crippen molar-refractivity contribution in [2.24, 2.45) is 5.73 Å². The molecule has 0 aliphatic heterocycles. The molecule has 2 N–H and O–H groups in total. The van der Waals surface area contributed by atoms with Gasteiger partial charge in [0.2, 0.25) is 0 Å². The van der Waals surface area contributed by atoms with E-state index in [0.29, 0.717) is 0 Å². The van der Waals surface area contributed by atoms with E-state index < -0.39 is 0 Å². The van der Waals surface area contributed by atoms with Gasteiger partial charge >= 0.3 is 0 Å². The number of hydrogen-bond acceptors (Lipinski definition) is 2. The van der Waals surface area contributed by atoms with Crippen molar-refractivity contribution in [3.8, 4) is 5.75 Å². The van der Waals surface area contributed by atoms with Gasteiger partial charge in [-0.3, -0.25) is 0 Å². The highest BCUT2D eigenvalue weighted by Crippen LogP contribution is 2.29. The second-order valence-corrected chi connectivity index (χ2v) is 5.65. The Bertz CT molecular complexity index is 620. The van der Waals surface area contributed by atoms with Crippen molar-refractivity contribution in [3.05, 3.63) is 64.5 Å². The fourth-order valence-corrected chi connectivity index (χ4v) is 2.39. The predicted molar refractivity (Wildman–Crippen MR) is 84.1 cm³/mol. The van der Waals surface area contributed by atoms with Crippen molar-refractivity contribution in [2.45, 2.75) is 39.8 Å². The zero-order valence-electron chi connectivity index (χ0n) is 13.0. The highest BCUT2D eigenvalue weighted by molar-refractivity contribution is 5.42. The molecule has 0 saturated carbocycles. The summed E-state index contributed by atoms with van der Waals surface area (Å²) < 4.78 is 19.2. The van der Waals surface area contributed by atoms with Crippen LogP contribution < -0.4 is 10.5 Å². The van der Waals surface area contributed by atoms with Gasteiger partial charge in [-0.1, -0.05) is 18.2 Å². The number of hydrogen-bond donors (Lipinski definition) is 1. The molecular weight excluding hydrogens is 265 g/mol. The zero-order valence-corrected chi connectivity index (χ0v) is 13.0. The molecule has 3 heteroatoms. The standard InChI is InChI=1S/C18H22FNO/c1-11-9-12(2)13(3)17(10-11)21-18(14(4)20)15-5-7-16(19)8-6-15/h5-10,14,18H,20H2,1-4H3. The Balaban J connectivity index is 2.35. The van der Waals surface area contributed by atoms with Gasteiger partial charge in [-0.05, 0) is 68.1 Å². The molecule has 0 amide bonds. The van der Waals surface area contributed by atoms with Crippen LogP contribution in [-0.2, 0) is 0 Å². The van der Waals surface area contributed by atoms with Gasteiger partial charge in [0.05, 0.1) is 0 Å². The van der Waals surface area contributed by atoms with E-state index in [1.54, 1.807) is 12.1 Å². The first-order valence-corrected chi connectivity index (χ1v) is 7.14. The molecule has 0 heterocycles. The van der Waals surface area contributed by atoms with E-state index in [2.05, 4.69) is 13.0 Å². The highest BCUT2D eigenvalue weighted by Gasteiger charge is 2.19. The Kier molecular flexibility index (Phi) is 4.63. The lowest BCUT2D eigenvalue weighted by atomic mass is 10.0. The third-order valence-corrected chi connectivity index (χ3v) is 3.69. The number of ether oxygens (including phenoxy) is 1. The van der Waals surface area contributed by atoms with Crippen LogP contribution in [-0.4, -0.2) is 6.04 Å². The molecule has 2 aromatic carbocycles. The first-order valence-electron chi connectivity index (χ1n) is 7.14. The van der Waals surface area contributed by atoms with Crippen molar-refractivity contribution >= 4 is 0 Å². The maximum absolute atomic E-state index is 13.1. The van der Waals surface area contributed by atoms with Crippen molar-refractivity contribution in [3.63, 3.8) is 0 Å². The van der Waals surface area contributed by atoms with E-state index in [1.807, 2.05) is 26.8 Å². The maximum Gasteiger partial charge on any atom is 0.138 e. The molecule has 112 valence electrons. The van der Waals surface area contributed by atoms with E-state index in [4.69, 9.17) is 10.5 Å². The van der Waals surface area contributed by atoms with Crippen LogP contribution in [0.1, 0.15) is 35.3 Å². The summed E-state index contributed by atoms with van der Waals surface area (Å²) in [5.74, 6) is 0.573. The minimum atomic E-state index is -0.300. The molecular formula is C18H22FNO. The fraction of sp³-hybridized carbons (Fsp3) is 0.333. The normalized spacial score (nSPS) is 13.8. The molecule has 2 rings (SSSR count). The third-order valence-electron chi connectivity index (χ3n) is 3.69. The maximum atomic E-state index is 13.1. The molecule has 2 unspecified atom stereocenters. The average molecular weight is 287 g/mol. The SMILES string of the molecule is Cc1cc(C)c(C)c(OC(c2ccc(F)cc2)C(C)N)c1. The Morgan fingerprint density at radius 1 is 1.05 bits per heavy atom. The molecule has 0 bridgehead atoms. The first kappa shape index (κ1) is 15.5. The lowest BCUT2D eigenvalue weighted by Gasteiger charge is -2.25. The van der Waals surface area contributed by atoms with Gasteiger partial charge in [-0.25, -0.2) is 4.39 Å². The molecule has 0 aliphatic carbocycles. The van der Waals surface area contributed by atoms with E-state index in [0.717, 1.165) is 22.4 Å². The molecule has 0 fully saturated rings. The topological polar surface area (TPSA) is 35.2 Å². The second-order valence-electron chi connectivity index (χ2n) is 5.65. The molecule has 0 aliphatic rings. The summed E-state index contributed by atoms with van der Waals surface area (Å²) in [6.07, 6.45) is -0.300. The molecule has 2 aromatic rings. The Labute approximate surface area is 125 Å². The number of rotatable bonds is 4. The largest absolute Gasteiger partial charge is 0.484 e. The van der Waals surface area contributed by atoms with Crippen molar-refractivity contribution in [1.29, 1.82) is 0 Å². The van der Waals surface area contributed by atoms with Crippen LogP contribution in [0.4, 0.5) is 4.39 Å². The summed E-state index contributed by atoms with van der Waals surface area (Å²) >= 11 is 0. The minimum absolute atomic E-state index is 0.198. The fourth-order valence-electron chi connectivity index (χ4n) is 2.39.